The highest BCUT2D eigenvalue weighted by Crippen LogP contribution is 2.29. The minimum absolute atomic E-state index is 0.0148. The van der Waals surface area contributed by atoms with E-state index in [0.29, 0.717) is 18.8 Å². The number of fused-ring (bicyclic) bond motifs is 1. The van der Waals surface area contributed by atoms with Crippen LogP contribution >= 0.6 is 11.6 Å². The third kappa shape index (κ3) is 5.21. The maximum atomic E-state index is 13.6. The average molecular weight is 485 g/mol. The molecule has 8 heteroatoms. The summed E-state index contributed by atoms with van der Waals surface area (Å²) in [4.78, 5) is 15.0. The van der Waals surface area contributed by atoms with Crippen molar-refractivity contribution in [1.29, 1.82) is 0 Å². The van der Waals surface area contributed by atoms with Crippen molar-refractivity contribution in [2.75, 3.05) is 20.2 Å². The zero-order valence-corrected chi connectivity index (χ0v) is 19.8. The molecule has 0 atom stereocenters. The van der Waals surface area contributed by atoms with E-state index < -0.39 is 10.0 Å². The molecule has 4 rings (SSSR count). The van der Waals surface area contributed by atoms with Crippen LogP contribution in [0.2, 0.25) is 5.02 Å². The van der Waals surface area contributed by atoms with E-state index in [1.54, 1.807) is 4.90 Å². The number of benzene rings is 3. The number of carbonyl (C=O) groups excluding carboxylic acids is 1. The molecule has 0 N–H and O–H groups in total. The van der Waals surface area contributed by atoms with Gasteiger partial charge in [0, 0.05) is 19.6 Å². The van der Waals surface area contributed by atoms with Crippen molar-refractivity contribution >= 4 is 27.5 Å². The SMILES string of the molecule is COc1ccc(S(=O)(=O)N(CC(=O)N2CCc3ccccc3C2)Cc2ccccc2)cc1Cl. The van der Waals surface area contributed by atoms with Gasteiger partial charge in [0.25, 0.3) is 0 Å². The van der Waals surface area contributed by atoms with Gasteiger partial charge in [-0.15, -0.1) is 0 Å². The number of hydrogen-bond acceptors (Lipinski definition) is 4. The Morgan fingerprint density at radius 3 is 2.42 bits per heavy atom. The standard InChI is InChI=1S/C25H25ClN2O4S/c1-32-24-12-11-22(15-23(24)26)33(30,31)28(16-19-7-3-2-4-8-19)18-25(29)27-14-13-20-9-5-6-10-21(20)17-27/h2-12,15H,13-14,16-18H2,1H3. The fourth-order valence-electron chi connectivity index (χ4n) is 3.93. The maximum absolute atomic E-state index is 13.6. The molecule has 33 heavy (non-hydrogen) atoms. The van der Waals surface area contributed by atoms with Gasteiger partial charge in [-0.2, -0.15) is 4.31 Å². The summed E-state index contributed by atoms with van der Waals surface area (Å²) in [7, 11) is -2.53. The molecule has 1 amide bonds. The summed E-state index contributed by atoms with van der Waals surface area (Å²) in [6, 6.07) is 21.5. The van der Waals surface area contributed by atoms with Crippen molar-refractivity contribution in [3.05, 3.63) is 94.5 Å². The molecule has 0 fully saturated rings. The minimum atomic E-state index is -4.00. The minimum Gasteiger partial charge on any atom is -0.495 e. The highest BCUT2D eigenvalue weighted by molar-refractivity contribution is 7.89. The highest BCUT2D eigenvalue weighted by atomic mass is 35.5. The van der Waals surface area contributed by atoms with Crippen LogP contribution in [-0.4, -0.2) is 43.7 Å². The lowest BCUT2D eigenvalue weighted by molar-refractivity contribution is -0.132. The Morgan fingerprint density at radius 1 is 1.03 bits per heavy atom. The summed E-state index contributed by atoms with van der Waals surface area (Å²) in [6.45, 7) is 0.845. The summed E-state index contributed by atoms with van der Waals surface area (Å²) >= 11 is 6.19. The Labute approximate surface area is 199 Å². The van der Waals surface area contributed by atoms with Crippen molar-refractivity contribution in [3.8, 4) is 5.75 Å². The van der Waals surface area contributed by atoms with Crippen LogP contribution in [-0.2, 0) is 34.3 Å². The van der Waals surface area contributed by atoms with E-state index in [2.05, 4.69) is 6.07 Å². The third-order valence-corrected chi connectivity index (χ3v) is 7.84. The first-order valence-electron chi connectivity index (χ1n) is 10.6. The van der Waals surface area contributed by atoms with Crippen LogP contribution in [0.25, 0.3) is 0 Å². The fraction of sp³-hybridized carbons (Fsp3) is 0.240. The van der Waals surface area contributed by atoms with E-state index in [4.69, 9.17) is 16.3 Å². The van der Waals surface area contributed by atoms with E-state index in [0.717, 1.165) is 17.5 Å². The van der Waals surface area contributed by atoms with Crippen LogP contribution < -0.4 is 4.74 Å². The Morgan fingerprint density at radius 2 is 1.73 bits per heavy atom. The zero-order chi connectivity index (χ0) is 23.4. The molecule has 0 unspecified atom stereocenters. The zero-order valence-electron chi connectivity index (χ0n) is 18.3. The van der Waals surface area contributed by atoms with Crippen LogP contribution in [0.4, 0.5) is 0 Å². The average Bonchev–Trinajstić information content (AvgIpc) is 2.83. The predicted octanol–water partition coefficient (Wildman–Crippen LogP) is 4.12. The molecule has 0 saturated carbocycles. The summed E-state index contributed by atoms with van der Waals surface area (Å²) < 4.78 is 33.5. The molecule has 3 aromatic rings. The van der Waals surface area contributed by atoms with Gasteiger partial charge < -0.3 is 9.64 Å². The van der Waals surface area contributed by atoms with E-state index in [-0.39, 0.29) is 28.9 Å². The molecule has 1 aliphatic rings. The number of carbonyl (C=O) groups is 1. The Bertz CT molecular complexity index is 1250. The Hall–Kier alpha value is -2.87. The lowest BCUT2D eigenvalue weighted by atomic mass is 10.00. The molecular formula is C25H25ClN2O4S. The molecule has 0 radical (unpaired) electrons. The van der Waals surface area contributed by atoms with E-state index in [1.807, 2.05) is 48.5 Å². The second-order valence-corrected chi connectivity index (χ2v) is 10.2. The monoisotopic (exact) mass is 484 g/mol. The van der Waals surface area contributed by atoms with Gasteiger partial charge in [0.05, 0.1) is 23.6 Å². The number of sulfonamides is 1. The number of hydrogen-bond donors (Lipinski definition) is 0. The number of nitrogens with zero attached hydrogens (tertiary/aromatic N) is 2. The smallest absolute Gasteiger partial charge is 0.243 e. The van der Waals surface area contributed by atoms with E-state index in [9.17, 15) is 13.2 Å². The van der Waals surface area contributed by atoms with E-state index >= 15 is 0 Å². The first kappa shape index (κ1) is 23.3. The second kappa shape index (κ2) is 9.95. The van der Waals surface area contributed by atoms with Crippen molar-refractivity contribution in [2.24, 2.45) is 0 Å². The molecule has 0 saturated heterocycles. The predicted molar refractivity (Wildman–Crippen MR) is 128 cm³/mol. The third-order valence-electron chi connectivity index (χ3n) is 5.76. The van der Waals surface area contributed by atoms with Gasteiger partial charge in [0.1, 0.15) is 5.75 Å². The molecule has 1 heterocycles. The number of halogens is 1. The van der Waals surface area contributed by atoms with Crippen LogP contribution in [0.3, 0.4) is 0 Å². The normalized spacial score (nSPS) is 13.6. The van der Waals surface area contributed by atoms with Gasteiger partial charge in [0.2, 0.25) is 15.9 Å². The van der Waals surface area contributed by atoms with Crippen LogP contribution in [0.15, 0.2) is 77.7 Å². The van der Waals surface area contributed by atoms with Gasteiger partial charge in [-0.3, -0.25) is 4.79 Å². The summed E-state index contributed by atoms with van der Waals surface area (Å²) in [5, 5.41) is 0.192. The number of amides is 1. The summed E-state index contributed by atoms with van der Waals surface area (Å²) in [6.07, 6.45) is 0.751. The molecule has 0 spiro atoms. The number of ether oxygens (including phenoxy) is 1. The van der Waals surface area contributed by atoms with Crippen molar-refractivity contribution in [3.63, 3.8) is 0 Å². The number of rotatable bonds is 7. The summed E-state index contributed by atoms with van der Waals surface area (Å²) in [5.41, 5.74) is 3.11. The lowest BCUT2D eigenvalue weighted by Gasteiger charge is -2.31. The molecule has 0 aliphatic carbocycles. The van der Waals surface area contributed by atoms with Gasteiger partial charge in [-0.05, 0) is 41.3 Å². The van der Waals surface area contributed by atoms with Crippen LogP contribution in [0.1, 0.15) is 16.7 Å². The first-order chi connectivity index (χ1) is 15.9. The molecule has 0 bridgehead atoms. The molecular weight excluding hydrogens is 460 g/mol. The van der Waals surface area contributed by atoms with Gasteiger partial charge in [-0.1, -0.05) is 66.2 Å². The molecule has 172 valence electrons. The van der Waals surface area contributed by atoms with Crippen molar-refractivity contribution in [1.82, 2.24) is 9.21 Å². The molecule has 0 aromatic heterocycles. The van der Waals surface area contributed by atoms with Crippen LogP contribution in [0, 0.1) is 0 Å². The van der Waals surface area contributed by atoms with E-state index in [1.165, 1.54) is 35.2 Å². The Kier molecular flexibility index (Phi) is 7.02. The van der Waals surface area contributed by atoms with Gasteiger partial charge in [0.15, 0.2) is 0 Å². The lowest BCUT2D eigenvalue weighted by Crippen LogP contribution is -2.44. The second-order valence-electron chi connectivity index (χ2n) is 7.89. The van der Waals surface area contributed by atoms with Crippen LogP contribution in [0.5, 0.6) is 5.75 Å². The molecule has 6 nitrogen and oxygen atoms in total. The first-order valence-corrected chi connectivity index (χ1v) is 12.4. The topological polar surface area (TPSA) is 66.9 Å². The maximum Gasteiger partial charge on any atom is 0.243 e. The van der Waals surface area contributed by atoms with Gasteiger partial charge in [-0.25, -0.2) is 8.42 Å². The number of methoxy groups -OCH3 is 1. The van der Waals surface area contributed by atoms with Crippen molar-refractivity contribution < 1.29 is 17.9 Å². The quantitative estimate of drug-likeness (QED) is 0.506. The summed E-state index contributed by atoms with van der Waals surface area (Å²) in [5.74, 6) is 0.150. The Balaban J connectivity index is 1.61. The van der Waals surface area contributed by atoms with Crippen molar-refractivity contribution in [2.45, 2.75) is 24.4 Å². The largest absolute Gasteiger partial charge is 0.495 e. The highest BCUT2D eigenvalue weighted by Gasteiger charge is 2.30. The fourth-order valence-corrected chi connectivity index (χ4v) is 5.66. The van der Waals surface area contributed by atoms with Gasteiger partial charge >= 0.3 is 0 Å². The molecule has 3 aromatic carbocycles. The molecule has 1 aliphatic heterocycles.